The van der Waals surface area contributed by atoms with E-state index in [1.165, 1.54) is 0 Å². The van der Waals surface area contributed by atoms with Crippen LogP contribution in [0.25, 0.3) is 0 Å². The first-order chi connectivity index (χ1) is 10.6. The van der Waals surface area contributed by atoms with Gasteiger partial charge in [0.15, 0.2) is 0 Å². The third kappa shape index (κ3) is 2.96. The molecule has 5 nitrogen and oxygen atoms in total. The third-order valence-corrected chi connectivity index (χ3v) is 4.53. The first kappa shape index (κ1) is 15.3. The standard InChI is InChI=1S/C17H25N3O2/c1-12(2)14-10-20(15-7-5-4-6-13(15)18-14)17(21)16-11-19(3)8-9-22-16/h4-7,12,14,16,18H,8-11H2,1-3H3/t14-,16+/m0/s1. The van der Waals surface area contributed by atoms with Gasteiger partial charge in [0.05, 0.1) is 18.0 Å². The van der Waals surface area contributed by atoms with Gasteiger partial charge in [-0.2, -0.15) is 0 Å². The van der Waals surface area contributed by atoms with E-state index in [1.807, 2.05) is 36.2 Å². The first-order valence-electron chi connectivity index (χ1n) is 8.03. The minimum Gasteiger partial charge on any atom is -0.379 e. The van der Waals surface area contributed by atoms with Gasteiger partial charge in [-0.05, 0) is 25.1 Å². The maximum absolute atomic E-state index is 13.0. The van der Waals surface area contributed by atoms with Crippen molar-refractivity contribution in [2.75, 3.05) is 43.5 Å². The smallest absolute Gasteiger partial charge is 0.257 e. The Bertz CT molecular complexity index is 546. The molecule has 0 bridgehead atoms. The molecule has 2 atom stereocenters. The van der Waals surface area contributed by atoms with Crippen LogP contribution < -0.4 is 10.2 Å². The van der Waals surface area contributed by atoms with Crippen molar-refractivity contribution in [2.45, 2.75) is 26.0 Å². The lowest BCUT2D eigenvalue weighted by molar-refractivity contribution is -0.135. The summed E-state index contributed by atoms with van der Waals surface area (Å²) in [5.41, 5.74) is 1.99. The van der Waals surface area contributed by atoms with Gasteiger partial charge < -0.3 is 19.9 Å². The van der Waals surface area contributed by atoms with Crippen molar-refractivity contribution in [1.29, 1.82) is 0 Å². The van der Waals surface area contributed by atoms with Crippen LogP contribution in [0.1, 0.15) is 13.8 Å². The molecule has 22 heavy (non-hydrogen) atoms. The van der Waals surface area contributed by atoms with E-state index in [1.54, 1.807) is 0 Å². The third-order valence-electron chi connectivity index (χ3n) is 4.53. The fourth-order valence-corrected chi connectivity index (χ4v) is 3.06. The van der Waals surface area contributed by atoms with Gasteiger partial charge in [-0.3, -0.25) is 4.79 Å². The van der Waals surface area contributed by atoms with Gasteiger partial charge in [-0.1, -0.05) is 26.0 Å². The van der Waals surface area contributed by atoms with Crippen LogP contribution in [0.15, 0.2) is 24.3 Å². The molecule has 1 aromatic carbocycles. The minimum atomic E-state index is -0.363. The molecule has 1 fully saturated rings. The summed E-state index contributed by atoms with van der Waals surface area (Å²) in [6, 6.07) is 8.29. The van der Waals surface area contributed by atoms with Crippen LogP contribution in [0.3, 0.4) is 0 Å². The Morgan fingerprint density at radius 1 is 1.32 bits per heavy atom. The van der Waals surface area contributed by atoms with Crippen molar-refractivity contribution in [3.05, 3.63) is 24.3 Å². The number of carbonyl (C=O) groups is 1. The van der Waals surface area contributed by atoms with Gasteiger partial charge >= 0.3 is 0 Å². The highest BCUT2D eigenvalue weighted by Gasteiger charge is 2.35. The van der Waals surface area contributed by atoms with Gasteiger partial charge in [0.1, 0.15) is 6.10 Å². The molecule has 0 aliphatic carbocycles. The number of morpholine rings is 1. The van der Waals surface area contributed by atoms with Crippen molar-refractivity contribution in [3.63, 3.8) is 0 Å². The van der Waals surface area contributed by atoms with Gasteiger partial charge in [0, 0.05) is 25.7 Å². The summed E-state index contributed by atoms with van der Waals surface area (Å²) in [4.78, 5) is 17.0. The number of fused-ring (bicyclic) bond motifs is 1. The molecule has 1 N–H and O–H groups in total. The van der Waals surface area contributed by atoms with Crippen LogP contribution in [0.4, 0.5) is 11.4 Å². The molecule has 3 rings (SSSR count). The summed E-state index contributed by atoms with van der Waals surface area (Å²) in [5, 5.41) is 3.55. The van der Waals surface area contributed by atoms with Crippen LogP contribution in [0.5, 0.6) is 0 Å². The number of nitrogens with zero attached hydrogens (tertiary/aromatic N) is 2. The Hall–Kier alpha value is -1.59. The van der Waals surface area contributed by atoms with E-state index >= 15 is 0 Å². The number of hydrogen-bond acceptors (Lipinski definition) is 4. The molecular weight excluding hydrogens is 278 g/mol. The van der Waals surface area contributed by atoms with Gasteiger partial charge in [0.25, 0.3) is 5.91 Å². The molecule has 0 unspecified atom stereocenters. The van der Waals surface area contributed by atoms with Crippen molar-refractivity contribution in [2.24, 2.45) is 5.92 Å². The van der Waals surface area contributed by atoms with Gasteiger partial charge in [-0.15, -0.1) is 0 Å². The summed E-state index contributed by atoms with van der Waals surface area (Å²) in [6.45, 7) is 7.22. The summed E-state index contributed by atoms with van der Waals surface area (Å²) in [7, 11) is 2.03. The highest BCUT2D eigenvalue weighted by molar-refractivity contribution is 6.00. The summed E-state index contributed by atoms with van der Waals surface area (Å²) in [6.07, 6.45) is -0.363. The van der Waals surface area contributed by atoms with E-state index in [-0.39, 0.29) is 18.1 Å². The number of hydrogen-bond donors (Lipinski definition) is 1. The topological polar surface area (TPSA) is 44.8 Å². The Kier molecular flexibility index (Phi) is 4.36. The van der Waals surface area contributed by atoms with Crippen LogP contribution in [-0.4, -0.2) is 56.2 Å². The maximum Gasteiger partial charge on any atom is 0.257 e. The second kappa shape index (κ2) is 6.26. The monoisotopic (exact) mass is 303 g/mol. The zero-order valence-corrected chi connectivity index (χ0v) is 13.6. The molecule has 120 valence electrons. The van der Waals surface area contributed by atoms with Crippen molar-refractivity contribution >= 4 is 17.3 Å². The number of para-hydroxylation sites is 2. The lowest BCUT2D eigenvalue weighted by atomic mass is 9.99. The molecular formula is C17H25N3O2. The predicted octanol–water partition coefficient (Wildman–Crippen LogP) is 1.80. The quantitative estimate of drug-likeness (QED) is 0.905. The Labute approximate surface area is 132 Å². The number of anilines is 2. The number of ether oxygens (including phenoxy) is 1. The summed E-state index contributed by atoms with van der Waals surface area (Å²) in [5.74, 6) is 0.532. The zero-order valence-electron chi connectivity index (χ0n) is 13.6. The van der Waals surface area contributed by atoms with Gasteiger partial charge in [-0.25, -0.2) is 0 Å². The van der Waals surface area contributed by atoms with Crippen LogP contribution >= 0.6 is 0 Å². The zero-order chi connectivity index (χ0) is 15.7. The normalized spacial score (nSPS) is 25.7. The summed E-state index contributed by atoms with van der Waals surface area (Å²) >= 11 is 0. The molecule has 2 aliphatic rings. The lowest BCUT2D eigenvalue weighted by Crippen LogP contribution is -2.54. The molecule has 0 aromatic heterocycles. The molecule has 1 amide bonds. The number of rotatable bonds is 2. The number of likely N-dealkylation sites (N-methyl/N-ethyl adjacent to an activating group) is 1. The van der Waals surface area contributed by atoms with Crippen molar-refractivity contribution < 1.29 is 9.53 Å². The van der Waals surface area contributed by atoms with Crippen LogP contribution in [0.2, 0.25) is 0 Å². The number of benzene rings is 1. The number of amides is 1. The average Bonchev–Trinajstić information content (AvgIpc) is 2.53. The Balaban J connectivity index is 1.86. The highest BCUT2D eigenvalue weighted by Crippen LogP contribution is 2.33. The van der Waals surface area contributed by atoms with Crippen LogP contribution in [-0.2, 0) is 9.53 Å². The predicted molar refractivity (Wildman–Crippen MR) is 88.3 cm³/mol. The molecule has 1 aromatic rings. The molecule has 5 heteroatoms. The Morgan fingerprint density at radius 2 is 2.09 bits per heavy atom. The second-order valence-corrected chi connectivity index (χ2v) is 6.58. The number of nitrogens with one attached hydrogen (secondary N) is 1. The van der Waals surface area contributed by atoms with E-state index < -0.39 is 0 Å². The van der Waals surface area contributed by atoms with Gasteiger partial charge in [0.2, 0.25) is 0 Å². The molecule has 0 radical (unpaired) electrons. The lowest BCUT2D eigenvalue weighted by Gasteiger charge is -2.40. The highest BCUT2D eigenvalue weighted by atomic mass is 16.5. The molecule has 1 saturated heterocycles. The fourth-order valence-electron chi connectivity index (χ4n) is 3.06. The maximum atomic E-state index is 13.0. The Morgan fingerprint density at radius 3 is 2.82 bits per heavy atom. The van der Waals surface area contributed by atoms with Crippen LogP contribution in [0, 0.1) is 5.92 Å². The largest absolute Gasteiger partial charge is 0.379 e. The average molecular weight is 303 g/mol. The molecule has 2 heterocycles. The first-order valence-corrected chi connectivity index (χ1v) is 8.03. The van der Waals surface area contributed by atoms with E-state index in [2.05, 4.69) is 24.1 Å². The van der Waals surface area contributed by atoms with Crippen molar-refractivity contribution in [3.8, 4) is 0 Å². The SMILES string of the molecule is CC(C)[C@@H]1CN(C(=O)[C@H]2CN(C)CCO2)c2ccccc2N1. The summed E-state index contributed by atoms with van der Waals surface area (Å²) < 4.78 is 5.72. The van der Waals surface area contributed by atoms with E-state index in [9.17, 15) is 4.79 Å². The molecule has 0 saturated carbocycles. The van der Waals surface area contributed by atoms with E-state index in [0.717, 1.165) is 17.9 Å². The van der Waals surface area contributed by atoms with E-state index in [4.69, 9.17) is 4.74 Å². The van der Waals surface area contributed by atoms with E-state index in [0.29, 0.717) is 25.6 Å². The van der Waals surface area contributed by atoms with Crippen molar-refractivity contribution in [1.82, 2.24) is 4.90 Å². The molecule has 2 aliphatic heterocycles. The fraction of sp³-hybridized carbons (Fsp3) is 0.588. The second-order valence-electron chi connectivity index (χ2n) is 6.58. The number of carbonyl (C=O) groups excluding carboxylic acids is 1. The molecule has 0 spiro atoms. The minimum absolute atomic E-state index is 0.0751.